The van der Waals surface area contributed by atoms with Crippen LogP contribution in [-0.4, -0.2) is 46.3 Å². The number of rotatable bonds is 12. The van der Waals surface area contributed by atoms with Crippen molar-refractivity contribution in [3.05, 3.63) is 90.5 Å². The van der Waals surface area contributed by atoms with E-state index in [0.29, 0.717) is 29.4 Å². The number of sulfonamides is 1. The first-order chi connectivity index (χ1) is 20.3. The van der Waals surface area contributed by atoms with Gasteiger partial charge in [-0.05, 0) is 79.6 Å². The summed E-state index contributed by atoms with van der Waals surface area (Å²) in [5, 5.41) is 5.09. The Hall–Kier alpha value is -4.54. The van der Waals surface area contributed by atoms with Gasteiger partial charge in [0.05, 0.1) is 19.1 Å². The smallest absolute Gasteiger partial charge is 0.262 e. The number of nitrogens with zero attached hydrogens (tertiary/aromatic N) is 1. The molecule has 9 nitrogen and oxygen atoms in total. The highest BCUT2D eigenvalue weighted by Crippen LogP contribution is 2.31. The van der Waals surface area contributed by atoms with E-state index in [1.165, 1.54) is 24.3 Å². The molecule has 0 radical (unpaired) electrons. The first-order valence-electron chi connectivity index (χ1n) is 13.6. The van der Waals surface area contributed by atoms with Gasteiger partial charge in [0.15, 0.2) is 18.1 Å². The van der Waals surface area contributed by atoms with Gasteiger partial charge in [-0.3, -0.25) is 4.79 Å². The molecule has 1 heterocycles. The van der Waals surface area contributed by atoms with Crippen molar-refractivity contribution in [2.75, 3.05) is 32.7 Å². The Labute approximate surface area is 245 Å². The third-order valence-electron chi connectivity index (χ3n) is 7.03. The summed E-state index contributed by atoms with van der Waals surface area (Å²) >= 11 is 0. The number of benzene rings is 4. The summed E-state index contributed by atoms with van der Waals surface area (Å²) in [4.78, 5) is 12.7. The van der Waals surface area contributed by atoms with Crippen molar-refractivity contribution in [3.8, 4) is 17.2 Å². The highest BCUT2D eigenvalue weighted by Gasteiger charge is 2.15. The van der Waals surface area contributed by atoms with Crippen molar-refractivity contribution in [2.45, 2.75) is 24.8 Å². The van der Waals surface area contributed by atoms with Crippen molar-refractivity contribution in [1.29, 1.82) is 0 Å². The van der Waals surface area contributed by atoms with E-state index in [9.17, 15) is 13.2 Å². The van der Waals surface area contributed by atoms with Crippen molar-refractivity contribution in [3.63, 3.8) is 0 Å². The van der Waals surface area contributed by atoms with Crippen LogP contribution in [0, 0.1) is 0 Å². The number of para-hydroxylation sites is 1. The van der Waals surface area contributed by atoms with Gasteiger partial charge in [0, 0.05) is 40.6 Å². The molecule has 0 spiro atoms. The van der Waals surface area contributed by atoms with Gasteiger partial charge in [-0.2, -0.15) is 0 Å². The van der Waals surface area contributed by atoms with Gasteiger partial charge in [0.2, 0.25) is 10.0 Å². The van der Waals surface area contributed by atoms with Crippen molar-refractivity contribution in [2.24, 2.45) is 0 Å². The number of methoxy groups -OCH3 is 2. The summed E-state index contributed by atoms with van der Waals surface area (Å²) < 4.78 is 46.5. The largest absolute Gasteiger partial charge is 0.493 e. The lowest BCUT2D eigenvalue weighted by Gasteiger charge is -2.11. The van der Waals surface area contributed by atoms with Gasteiger partial charge in [-0.25, -0.2) is 13.1 Å². The van der Waals surface area contributed by atoms with E-state index in [4.69, 9.17) is 14.2 Å². The molecule has 1 amide bonds. The van der Waals surface area contributed by atoms with Crippen LogP contribution in [-0.2, 0) is 27.8 Å². The molecule has 0 aliphatic heterocycles. The fourth-order valence-corrected chi connectivity index (χ4v) is 6.01. The van der Waals surface area contributed by atoms with E-state index >= 15 is 0 Å². The molecule has 1 aromatic heterocycles. The van der Waals surface area contributed by atoms with Gasteiger partial charge in [-0.15, -0.1) is 0 Å². The number of hydrogen-bond acceptors (Lipinski definition) is 6. The Kier molecular flexibility index (Phi) is 8.65. The van der Waals surface area contributed by atoms with Crippen molar-refractivity contribution < 1.29 is 27.4 Å². The number of nitrogens with one attached hydrogen (secondary N) is 2. The van der Waals surface area contributed by atoms with Crippen LogP contribution >= 0.6 is 0 Å². The van der Waals surface area contributed by atoms with Crippen LogP contribution in [0.15, 0.2) is 89.8 Å². The molecule has 0 saturated heterocycles. The third kappa shape index (κ3) is 6.19. The lowest BCUT2D eigenvalue weighted by atomic mass is 10.1. The van der Waals surface area contributed by atoms with E-state index in [2.05, 4.69) is 33.7 Å². The van der Waals surface area contributed by atoms with Gasteiger partial charge in [-0.1, -0.05) is 24.3 Å². The summed E-state index contributed by atoms with van der Waals surface area (Å²) in [6.07, 6.45) is 0.476. The van der Waals surface area contributed by atoms with E-state index < -0.39 is 10.0 Å². The number of hydrogen-bond donors (Lipinski definition) is 2. The minimum Gasteiger partial charge on any atom is -0.493 e. The summed E-state index contributed by atoms with van der Waals surface area (Å²) in [7, 11) is -0.611. The molecule has 0 atom stereocenters. The maximum Gasteiger partial charge on any atom is 0.262 e. The molecule has 0 saturated carbocycles. The minimum absolute atomic E-state index is 0.103. The van der Waals surface area contributed by atoms with Crippen molar-refractivity contribution in [1.82, 2.24) is 9.29 Å². The summed E-state index contributed by atoms with van der Waals surface area (Å²) in [5.74, 6) is 1.26. The van der Waals surface area contributed by atoms with Crippen LogP contribution in [0.3, 0.4) is 0 Å². The predicted molar refractivity (Wildman–Crippen MR) is 164 cm³/mol. The topological polar surface area (TPSA) is 108 Å². The fraction of sp³-hybridized carbons (Fsp3) is 0.219. The number of carbonyl (C=O) groups excluding carboxylic acids is 1. The van der Waals surface area contributed by atoms with E-state index in [0.717, 1.165) is 33.9 Å². The molecule has 218 valence electrons. The van der Waals surface area contributed by atoms with Gasteiger partial charge in [0.1, 0.15) is 5.75 Å². The zero-order chi connectivity index (χ0) is 29.7. The maximum atomic E-state index is 12.8. The van der Waals surface area contributed by atoms with Gasteiger partial charge >= 0.3 is 0 Å². The van der Waals surface area contributed by atoms with Crippen LogP contribution in [0.2, 0.25) is 0 Å². The highest BCUT2D eigenvalue weighted by molar-refractivity contribution is 7.89. The second-order valence-corrected chi connectivity index (χ2v) is 11.4. The number of anilines is 1. The Balaban J connectivity index is 1.15. The molecular weight excluding hydrogens is 554 g/mol. The monoisotopic (exact) mass is 587 g/mol. The molecule has 0 aliphatic carbocycles. The second kappa shape index (κ2) is 12.5. The maximum absolute atomic E-state index is 12.8. The molecule has 2 N–H and O–H groups in total. The molecule has 5 rings (SSSR count). The molecule has 5 aromatic rings. The average molecular weight is 588 g/mol. The normalized spacial score (nSPS) is 11.5. The number of ether oxygens (including phenoxy) is 3. The van der Waals surface area contributed by atoms with Crippen LogP contribution in [0.4, 0.5) is 5.69 Å². The summed E-state index contributed by atoms with van der Waals surface area (Å²) in [6, 6.07) is 25.5. The second-order valence-electron chi connectivity index (χ2n) is 9.64. The molecule has 0 unspecified atom stereocenters. The van der Waals surface area contributed by atoms with Gasteiger partial charge < -0.3 is 24.1 Å². The van der Waals surface area contributed by atoms with Crippen LogP contribution < -0.4 is 24.2 Å². The molecule has 4 aromatic carbocycles. The lowest BCUT2D eigenvalue weighted by Crippen LogP contribution is -2.26. The van der Waals surface area contributed by atoms with E-state index in [-0.39, 0.29) is 24.0 Å². The van der Waals surface area contributed by atoms with E-state index in [1.807, 2.05) is 42.5 Å². The highest BCUT2D eigenvalue weighted by atomic mass is 32.2. The number of amides is 1. The minimum atomic E-state index is -3.72. The first kappa shape index (κ1) is 29.0. The first-order valence-corrected chi connectivity index (χ1v) is 15.1. The molecule has 42 heavy (non-hydrogen) atoms. The average Bonchev–Trinajstić information content (AvgIpc) is 3.33. The van der Waals surface area contributed by atoms with Crippen LogP contribution in [0.25, 0.3) is 21.8 Å². The Bertz CT molecular complexity index is 1830. The Morgan fingerprint density at radius 3 is 2.31 bits per heavy atom. The molecular formula is C32H33N3O6S. The van der Waals surface area contributed by atoms with Crippen molar-refractivity contribution >= 4 is 43.4 Å². The number of fused-ring (bicyclic) bond motifs is 3. The standard InChI is InChI=1S/C32H33N3O6S/c1-4-35-28-8-6-5-7-26(28)27-20-23(10-15-29(27)35)34-32(36)21-41-24-11-13-25(14-12-24)42(37,38)33-18-17-22-9-16-30(39-2)31(19-22)40-3/h5-16,19-20,33H,4,17-18,21H2,1-3H3,(H,34,36). The van der Waals surface area contributed by atoms with Crippen LogP contribution in [0.5, 0.6) is 17.2 Å². The number of carbonyl (C=O) groups is 1. The third-order valence-corrected chi connectivity index (χ3v) is 8.51. The lowest BCUT2D eigenvalue weighted by molar-refractivity contribution is -0.118. The van der Waals surface area contributed by atoms with Gasteiger partial charge in [0.25, 0.3) is 5.91 Å². The SMILES string of the molecule is CCn1c2ccccc2c2cc(NC(=O)COc3ccc(S(=O)(=O)NCCc4ccc(OC)c(OC)c4)cc3)ccc21. The number of aryl methyl sites for hydroxylation is 1. The predicted octanol–water partition coefficient (Wildman–Crippen LogP) is 5.37. The Morgan fingerprint density at radius 1 is 0.833 bits per heavy atom. The summed E-state index contributed by atoms with van der Waals surface area (Å²) in [6.45, 7) is 2.95. The van der Waals surface area contributed by atoms with Crippen LogP contribution in [0.1, 0.15) is 12.5 Å². The molecule has 0 aliphatic rings. The fourth-order valence-electron chi connectivity index (χ4n) is 4.98. The molecule has 10 heteroatoms. The zero-order valence-electron chi connectivity index (χ0n) is 23.7. The number of aromatic nitrogens is 1. The molecule has 0 fully saturated rings. The zero-order valence-corrected chi connectivity index (χ0v) is 24.5. The Morgan fingerprint density at radius 2 is 1.57 bits per heavy atom. The molecule has 0 bridgehead atoms. The van der Waals surface area contributed by atoms with E-state index in [1.54, 1.807) is 20.3 Å². The summed E-state index contributed by atoms with van der Waals surface area (Å²) in [5.41, 5.74) is 3.85. The quantitative estimate of drug-likeness (QED) is 0.203.